The number of hydrogen-bond donors (Lipinski definition) is 1. The van der Waals surface area contributed by atoms with Crippen LogP contribution < -0.4 is 10.5 Å². The first kappa shape index (κ1) is 28.1. The van der Waals surface area contributed by atoms with E-state index in [9.17, 15) is 0 Å². The molecule has 0 amide bonds. The Hall–Kier alpha value is -5.12. The van der Waals surface area contributed by atoms with Crippen molar-refractivity contribution in [1.29, 1.82) is 0 Å². The molecule has 1 atom stereocenters. The van der Waals surface area contributed by atoms with Crippen molar-refractivity contribution in [2.45, 2.75) is 38.3 Å². The van der Waals surface area contributed by atoms with Gasteiger partial charge in [-0.1, -0.05) is 109 Å². The molecule has 5 aromatic carbocycles. The summed E-state index contributed by atoms with van der Waals surface area (Å²) in [7, 11) is -1.88. The van der Waals surface area contributed by atoms with Crippen LogP contribution in [0.15, 0.2) is 151 Å². The van der Waals surface area contributed by atoms with E-state index in [4.69, 9.17) is 0 Å². The van der Waals surface area contributed by atoms with E-state index in [2.05, 4.69) is 169 Å². The summed E-state index contributed by atoms with van der Waals surface area (Å²) in [6.07, 6.45) is 15.3. The van der Waals surface area contributed by atoms with Gasteiger partial charge in [0.25, 0.3) is 0 Å². The minimum Gasteiger partial charge on any atom is -0.356 e. The lowest BCUT2D eigenvalue weighted by atomic mass is 9.87. The van der Waals surface area contributed by atoms with Gasteiger partial charge in [-0.05, 0) is 107 Å². The summed E-state index contributed by atoms with van der Waals surface area (Å²) in [5.41, 5.74) is 13.0. The van der Waals surface area contributed by atoms with Crippen LogP contribution in [0.1, 0.15) is 41.9 Å². The van der Waals surface area contributed by atoms with Gasteiger partial charge in [-0.2, -0.15) is 0 Å². The van der Waals surface area contributed by atoms with Gasteiger partial charge in [0.15, 0.2) is 0 Å². The van der Waals surface area contributed by atoms with Crippen molar-refractivity contribution in [3.05, 3.63) is 168 Å². The number of hydrogen-bond acceptors (Lipinski definition) is 1. The molecule has 0 radical (unpaired) electrons. The highest BCUT2D eigenvalue weighted by atomic mass is 28.3. The first-order chi connectivity index (χ1) is 23.0. The Labute approximate surface area is 278 Å². The number of anilines is 2. The molecule has 0 fully saturated rings. The van der Waals surface area contributed by atoms with Crippen molar-refractivity contribution in [2.75, 3.05) is 5.32 Å². The molecule has 3 heteroatoms. The Bertz CT molecular complexity index is 2310. The predicted octanol–water partition coefficient (Wildman–Crippen LogP) is 11.2. The van der Waals surface area contributed by atoms with Crippen molar-refractivity contribution in [1.82, 2.24) is 4.57 Å². The van der Waals surface area contributed by atoms with Crippen molar-refractivity contribution in [3.8, 4) is 5.69 Å². The summed E-state index contributed by atoms with van der Waals surface area (Å²) in [6.45, 7) is 5.06. The third kappa shape index (κ3) is 4.68. The van der Waals surface area contributed by atoms with Crippen molar-refractivity contribution in [2.24, 2.45) is 0 Å². The molecule has 1 aliphatic heterocycles. The quantitative estimate of drug-likeness (QED) is 0.189. The van der Waals surface area contributed by atoms with Gasteiger partial charge < -0.3 is 9.88 Å². The molecule has 0 bridgehead atoms. The molecular weight excluding hydrogens is 585 g/mol. The van der Waals surface area contributed by atoms with Crippen LogP contribution in [0, 0.1) is 0 Å². The summed E-state index contributed by atoms with van der Waals surface area (Å²) in [4.78, 5) is 0. The second-order valence-electron chi connectivity index (χ2n) is 13.7. The number of nitrogens with one attached hydrogen (secondary N) is 1. The van der Waals surface area contributed by atoms with Gasteiger partial charge in [-0.15, -0.1) is 0 Å². The maximum absolute atomic E-state index is 3.71. The van der Waals surface area contributed by atoms with Crippen LogP contribution in [0.2, 0.25) is 13.1 Å². The van der Waals surface area contributed by atoms with Crippen LogP contribution in [0.5, 0.6) is 0 Å². The third-order valence-corrected chi connectivity index (χ3v) is 14.1. The van der Waals surface area contributed by atoms with Gasteiger partial charge in [0.05, 0.1) is 11.0 Å². The maximum atomic E-state index is 3.71. The van der Waals surface area contributed by atoms with E-state index in [0.29, 0.717) is 5.92 Å². The number of fused-ring (bicyclic) bond motifs is 6. The molecule has 2 aliphatic carbocycles. The van der Waals surface area contributed by atoms with Gasteiger partial charge in [-0.25, -0.2) is 0 Å². The molecule has 0 spiro atoms. The number of allylic oxidation sites excluding steroid dienone is 8. The van der Waals surface area contributed by atoms with Gasteiger partial charge in [0.2, 0.25) is 0 Å². The molecule has 1 N–H and O–H groups in total. The zero-order valence-corrected chi connectivity index (χ0v) is 28.0. The van der Waals surface area contributed by atoms with Gasteiger partial charge in [-0.3, -0.25) is 0 Å². The Morgan fingerprint density at radius 1 is 0.702 bits per heavy atom. The molecular formula is C44H38N2Si. The molecule has 47 heavy (non-hydrogen) atoms. The zero-order chi connectivity index (χ0) is 31.5. The van der Waals surface area contributed by atoms with E-state index in [1.807, 2.05) is 0 Å². The number of nitrogens with zero attached hydrogens (tertiary/aromatic N) is 1. The van der Waals surface area contributed by atoms with Gasteiger partial charge >= 0.3 is 0 Å². The molecule has 228 valence electrons. The lowest BCUT2D eigenvalue weighted by molar-refractivity contribution is 0.855. The Morgan fingerprint density at radius 3 is 2.32 bits per heavy atom. The van der Waals surface area contributed by atoms with E-state index in [1.165, 1.54) is 66.2 Å². The largest absolute Gasteiger partial charge is 0.356 e. The monoisotopic (exact) mass is 622 g/mol. The van der Waals surface area contributed by atoms with Crippen LogP contribution >= 0.6 is 0 Å². The Kier molecular flexibility index (Phi) is 6.58. The van der Waals surface area contributed by atoms with Crippen LogP contribution in [-0.4, -0.2) is 12.6 Å². The van der Waals surface area contributed by atoms with Crippen molar-refractivity contribution >= 4 is 57.6 Å². The van der Waals surface area contributed by atoms with Crippen LogP contribution in [-0.2, 0) is 0 Å². The summed E-state index contributed by atoms with van der Waals surface area (Å²) in [5, 5.41) is 9.48. The first-order valence-corrected chi connectivity index (χ1v) is 19.9. The second-order valence-corrected chi connectivity index (χ2v) is 18.1. The van der Waals surface area contributed by atoms with Crippen LogP contribution in [0.4, 0.5) is 11.4 Å². The Balaban J connectivity index is 1.03. The average Bonchev–Trinajstić information content (AvgIpc) is 3.57. The summed E-state index contributed by atoms with van der Waals surface area (Å²) in [6, 6.07) is 42.7. The summed E-state index contributed by atoms with van der Waals surface area (Å²) in [5.74, 6) is 0.378. The zero-order valence-electron chi connectivity index (χ0n) is 27.0. The highest BCUT2D eigenvalue weighted by molar-refractivity contribution is 7.00. The molecule has 2 heterocycles. The fourth-order valence-electron chi connectivity index (χ4n) is 8.08. The third-order valence-electron chi connectivity index (χ3n) is 10.5. The molecule has 0 saturated carbocycles. The lowest BCUT2D eigenvalue weighted by Crippen LogP contribution is -2.40. The smallest absolute Gasteiger partial charge is 0.113 e. The minimum atomic E-state index is -1.88. The first-order valence-electron chi connectivity index (χ1n) is 16.9. The van der Waals surface area contributed by atoms with E-state index in [-0.39, 0.29) is 0 Å². The van der Waals surface area contributed by atoms with Crippen molar-refractivity contribution < 1.29 is 0 Å². The number of aromatic nitrogens is 1. The number of para-hydroxylation sites is 2. The summed E-state index contributed by atoms with van der Waals surface area (Å²) >= 11 is 0. The molecule has 3 aliphatic rings. The summed E-state index contributed by atoms with van der Waals surface area (Å²) < 4.78 is 2.40. The van der Waals surface area contributed by atoms with Crippen LogP contribution in [0.3, 0.4) is 0 Å². The van der Waals surface area contributed by atoms with Crippen molar-refractivity contribution in [3.63, 3.8) is 0 Å². The van der Waals surface area contributed by atoms with E-state index < -0.39 is 8.07 Å². The predicted molar refractivity (Wildman–Crippen MR) is 204 cm³/mol. The number of rotatable bonds is 5. The molecule has 1 aromatic heterocycles. The van der Waals surface area contributed by atoms with Gasteiger partial charge in [0.1, 0.15) is 8.07 Å². The molecule has 9 rings (SSSR count). The fourth-order valence-corrected chi connectivity index (χ4v) is 11.3. The Morgan fingerprint density at radius 2 is 1.49 bits per heavy atom. The normalized spacial score (nSPS) is 18.0. The molecule has 0 saturated heterocycles. The minimum absolute atomic E-state index is 0.378. The SMILES string of the molecule is C[Si]1(C)C2=CC(c3ccc4c(c3)c3ccccc3n4-c3ccccc3)CC=C2c2ccc(Nc3ccc(C4=CCCC=C4)cc3)cc21. The van der Waals surface area contributed by atoms with Gasteiger partial charge in [0, 0.05) is 33.8 Å². The lowest BCUT2D eigenvalue weighted by Gasteiger charge is -2.25. The fraction of sp³-hybridized carbons (Fsp3) is 0.136. The average molecular weight is 623 g/mol. The van der Waals surface area contributed by atoms with E-state index in [0.717, 1.165) is 24.9 Å². The number of benzene rings is 5. The molecule has 1 unspecified atom stereocenters. The highest BCUT2D eigenvalue weighted by Crippen LogP contribution is 2.45. The topological polar surface area (TPSA) is 17.0 Å². The highest BCUT2D eigenvalue weighted by Gasteiger charge is 2.41. The van der Waals surface area contributed by atoms with E-state index in [1.54, 1.807) is 5.20 Å². The molecule has 6 aromatic rings. The second kappa shape index (κ2) is 11.0. The van der Waals surface area contributed by atoms with Crippen LogP contribution in [0.25, 0.3) is 38.6 Å². The maximum Gasteiger partial charge on any atom is 0.113 e. The van der Waals surface area contributed by atoms with E-state index >= 15 is 0 Å². The molecule has 2 nitrogen and oxygen atoms in total. The standard InChI is InChI=1S/C44H38N2Si/c1-47(2)43-28-33(32-20-26-42-40(27-32)37-15-9-10-16-41(37)46(42)36-13-7-4-8-14-36)19-24-38(43)39-25-23-35(29-44(39)47)45-34-21-17-31(18-22-34)30-11-5-3-6-12-30/h4-5,7-18,20-29,33,45H,3,6,19H2,1-2H3.